The molecule has 20 heavy (non-hydrogen) atoms. The molecule has 0 unspecified atom stereocenters. The molecule has 0 saturated carbocycles. The molecule has 1 aliphatic rings. The molecule has 0 atom stereocenters. The Morgan fingerprint density at radius 1 is 1.30 bits per heavy atom. The molecule has 1 aromatic heterocycles. The predicted molar refractivity (Wildman–Crippen MR) is 83.8 cm³/mol. The molecule has 2 heterocycles. The van der Waals surface area contributed by atoms with Crippen LogP contribution >= 0.6 is 27.5 Å². The molecule has 0 spiro atoms. The number of hydrogen-bond acceptors (Lipinski definition) is 2. The molecule has 0 bridgehead atoms. The third kappa shape index (κ3) is 2.53. The van der Waals surface area contributed by atoms with Gasteiger partial charge in [-0.15, -0.1) is 11.6 Å². The van der Waals surface area contributed by atoms with Crippen LogP contribution in [0.15, 0.2) is 39.4 Å². The standard InChI is InChI=1S/C15H11BrClNO2/c16-14-4-2-10(20-14)8-12-11-7-9(5-6-17)1-3-13(11)18-15(12)19/h1-4,7-8H,5-6H2,(H,18,19). The van der Waals surface area contributed by atoms with Crippen LogP contribution in [0, 0.1) is 0 Å². The van der Waals surface area contributed by atoms with E-state index in [0.717, 1.165) is 23.2 Å². The van der Waals surface area contributed by atoms with E-state index in [1.165, 1.54) is 0 Å². The highest BCUT2D eigenvalue weighted by Crippen LogP contribution is 2.34. The van der Waals surface area contributed by atoms with Crippen molar-refractivity contribution in [2.75, 3.05) is 11.2 Å². The minimum atomic E-state index is -0.115. The van der Waals surface area contributed by atoms with Gasteiger partial charge in [0.15, 0.2) is 4.67 Å². The Morgan fingerprint density at radius 3 is 2.85 bits per heavy atom. The fraction of sp³-hybridized carbons (Fsp3) is 0.133. The van der Waals surface area contributed by atoms with E-state index in [1.807, 2.05) is 24.3 Å². The largest absolute Gasteiger partial charge is 0.450 e. The molecule has 0 saturated heterocycles. The molecule has 3 nitrogen and oxygen atoms in total. The zero-order valence-corrected chi connectivity index (χ0v) is 12.8. The number of carbonyl (C=O) groups is 1. The maximum Gasteiger partial charge on any atom is 0.256 e. The van der Waals surface area contributed by atoms with Crippen molar-refractivity contribution in [3.05, 3.63) is 51.9 Å². The molecule has 5 heteroatoms. The number of hydrogen-bond donors (Lipinski definition) is 1. The quantitative estimate of drug-likeness (QED) is 0.660. The van der Waals surface area contributed by atoms with Crippen molar-refractivity contribution in [2.45, 2.75) is 6.42 Å². The first-order valence-electron chi connectivity index (χ1n) is 6.15. The van der Waals surface area contributed by atoms with Gasteiger partial charge in [-0.05, 0) is 58.3 Å². The second kappa shape index (κ2) is 5.46. The summed E-state index contributed by atoms with van der Waals surface area (Å²) in [7, 11) is 0. The topological polar surface area (TPSA) is 42.2 Å². The summed E-state index contributed by atoms with van der Waals surface area (Å²) in [5.74, 6) is 1.08. The summed E-state index contributed by atoms with van der Waals surface area (Å²) in [5, 5.41) is 2.85. The Labute approximate surface area is 129 Å². The SMILES string of the molecule is O=C1Nc2ccc(CCCl)cc2C1=Cc1ccc(Br)o1. The molecule has 1 aliphatic heterocycles. The summed E-state index contributed by atoms with van der Waals surface area (Å²) in [6, 6.07) is 9.50. The minimum absolute atomic E-state index is 0.115. The van der Waals surface area contributed by atoms with Crippen molar-refractivity contribution < 1.29 is 9.21 Å². The van der Waals surface area contributed by atoms with Gasteiger partial charge in [-0.3, -0.25) is 4.79 Å². The lowest BCUT2D eigenvalue weighted by Crippen LogP contribution is -2.03. The minimum Gasteiger partial charge on any atom is -0.450 e. The van der Waals surface area contributed by atoms with Crippen molar-refractivity contribution in [2.24, 2.45) is 0 Å². The maximum absolute atomic E-state index is 12.1. The number of rotatable bonds is 3. The van der Waals surface area contributed by atoms with E-state index in [4.69, 9.17) is 16.0 Å². The third-order valence-corrected chi connectivity index (χ3v) is 3.75. The van der Waals surface area contributed by atoms with Crippen LogP contribution in [0.1, 0.15) is 16.9 Å². The average molecular weight is 353 g/mol. The molecular formula is C15H11BrClNO2. The van der Waals surface area contributed by atoms with Gasteiger partial charge in [0.1, 0.15) is 5.76 Å². The molecule has 3 rings (SSSR count). The Hall–Kier alpha value is -1.52. The molecular weight excluding hydrogens is 342 g/mol. The van der Waals surface area contributed by atoms with Crippen molar-refractivity contribution >= 4 is 50.8 Å². The van der Waals surface area contributed by atoms with Gasteiger partial charge in [0.2, 0.25) is 0 Å². The molecule has 1 aromatic carbocycles. The number of anilines is 1. The number of furan rings is 1. The van der Waals surface area contributed by atoms with Gasteiger partial charge in [-0.25, -0.2) is 0 Å². The fourth-order valence-corrected chi connectivity index (χ4v) is 2.73. The first-order valence-corrected chi connectivity index (χ1v) is 7.48. The molecule has 1 N–H and O–H groups in total. The monoisotopic (exact) mass is 351 g/mol. The number of alkyl halides is 1. The third-order valence-electron chi connectivity index (χ3n) is 3.13. The van der Waals surface area contributed by atoms with Gasteiger partial charge >= 0.3 is 0 Å². The van der Waals surface area contributed by atoms with Crippen LogP contribution in [-0.2, 0) is 11.2 Å². The lowest BCUT2D eigenvalue weighted by Gasteiger charge is -2.02. The first-order chi connectivity index (χ1) is 9.67. The predicted octanol–water partition coefficient (Wildman–Crippen LogP) is 4.32. The lowest BCUT2D eigenvalue weighted by molar-refractivity contribution is -0.110. The number of nitrogens with one attached hydrogen (secondary N) is 1. The molecule has 0 fully saturated rings. The van der Waals surface area contributed by atoms with Gasteiger partial charge < -0.3 is 9.73 Å². The molecule has 0 aliphatic carbocycles. The molecule has 0 radical (unpaired) electrons. The van der Waals surface area contributed by atoms with Crippen LogP contribution in [0.25, 0.3) is 11.6 Å². The zero-order chi connectivity index (χ0) is 14.1. The fourth-order valence-electron chi connectivity index (χ4n) is 2.19. The summed E-state index contributed by atoms with van der Waals surface area (Å²) < 4.78 is 6.06. The number of halogens is 2. The Kier molecular flexibility index (Phi) is 3.68. The smallest absolute Gasteiger partial charge is 0.256 e. The van der Waals surface area contributed by atoms with Gasteiger partial charge in [-0.2, -0.15) is 0 Å². The first kappa shape index (κ1) is 13.5. The van der Waals surface area contributed by atoms with E-state index in [0.29, 0.717) is 21.9 Å². The van der Waals surface area contributed by atoms with E-state index in [1.54, 1.807) is 12.1 Å². The number of fused-ring (bicyclic) bond motifs is 1. The van der Waals surface area contributed by atoms with Crippen LogP contribution < -0.4 is 5.32 Å². The highest BCUT2D eigenvalue weighted by molar-refractivity contribution is 9.10. The highest BCUT2D eigenvalue weighted by atomic mass is 79.9. The van der Waals surface area contributed by atoms with Gasteiger partial charge in [-0.1, -0.05) is 6.07 Å². The van der Waals surface area contributed by atoms with Gasteiger partial charge in [0.05, 0.1) is 5.57 Å². The molecule has 2 aromatic rings. The van der Waals surface area contributed by atoms with Crippen molar-refractivity contribution in [1.82, 2.24) is 0 Å². The van der Waals surface area contributed by atoms with E-state index in [9.17, 15) is 4.79 Å². The maximum atomic E-state index is 12.1. The Bertz CT molecular complexity index is 706. The summed E-state index contributed by atoms with van der Waals surface area (Å²) in [4.78, 5) is 12.1. The Balaban J connectivity index is 2.03. The van der Waals surface area contributed by atoms with Gasteiger partial charge in [0.25, 0.3) is 5.91 Å². The summed E-state index contributed by atoms with van der Waals surface area (Å²) in [5.41, 5.74) is 3.44. The van der Waals surface area contributed by atoms with Gasteiger partial charge in [0, 0.05) is 17.1 Å². The van der Waals surface area contributed by atoms with E-state index < -0.39 is 0 Å². The summed E-state index contributed by atoms with van der Waals surface area (Å²) >= 11 is 9.02. The lowest BCUT2D eigenvalue weighted by atomic mass is 10.0. The number of carbonyl (C=O) groups excluding carboxylic acids is 1. The van der Waals surface area contributed by atoms with Crippen LogP contribution in [0.3, 0.4) is 0 Å². The Morgan fingerprint density at radius 2 is 2.15 bits per heavy atom. The number of aryl methyl sites for hydroxylation is 1. The number of amides is 1. The molecule has 102 valence electrons. The van der Waals surface area contributed by atoms with Crippen LogP contribution in [-0.4, -0.2) is 11.8 Å². The normalized spacial score (nSPS) is 15.5. The van der Waals surface area contributed by atoms with Crippen LogP contribution in [0.2, 0.25) is 0 Å². The van der Waals surface area contributed by atoms with Crippen molar-refractivity contribution in [3.63, 3.8) is 0 Å². The zero-order valence-electron chi connectivity index (χ0n) is 10.5. The highest BCUT2D eigenvalue weighted by Gasteiger charge is 2.24. The molecule has 1 amide bonds. The van der Waals surface area contributed by atoms with Crippen molar-refractivity contribution in [1.29, 1.82) is 0 Å². The van der Waals surface area contributed by atoms with Crippen LogP contribution in [0.5, 0.6) is 0 Å². The van der Waals surface area contributed by atoms with Crippen molar-refractivity contribution in [3.8, 4) is 0 Å². The number of benzene rings is 1. The summed E-state index contributed by atoms with van der Waals surface area (Å²) in [6.45, 7) is 0. The van der Waals surface area contributed by atoms with E-state index >= 15 is 0 Å². The van der Waals surface area contributed by atoms with Crippen LogP contribution in [0.4, 0.5) is 5.69 Å². The summed E-state index contributed by atoms with van der Waals surface area (Å²) in [6.07, 6.45) is 2.53. The second-order valence-corrected chi connectivity index (χ2v) is 5.63. The van der Waals surface area contributed by atoms with E-state index in [2.05, 4.69) is 21.2 Å². The van der Waals surface area contributed by atoms with E-state index in [-0.39, 0.29) is 5.91 Å². The second-order valence-electron chi connectivity index (χ2n) is 4.47. The average Bonchev–Trinajstić information content (AvgIpc) is 2.96.